The molecule has 2 atom stereocenters. The monoisotopic (exact) mass is 749 g/mol. The lowest BCUT2D eigenvalue weighted by molar-refractivity contribution is -0.161. The molecule has 0 aliphatic heterocycles. The summed E-state index contributed by atoms with van der Waals surface area (Å²) in [6, 6.07) is 0. The first-order chi connectivity index (χ1) is 25.3. The van der Waals surface area contributed by atoms with E-state index >= 15 is 0 Å². The SMILES string of the molecule is [2H]NCCOP(=O)(O)OC[C@@H](COC(=O)CCCCCCCCCCCCCCCCC)OC(=O)CCCCCCCCCCCCCCCCC. The number of unbranched alkanes of at least 4 members (excludes halogenated alkanes) is 28. The first kappa shape index (κ1) is 48.0. The van der Waals surface area contributed by atoms with Gasteiger partial charge in [-0.2, -0.15) is 0 Å². The van der Waals surface area contributed by atoms with Crippen LogP contribution >= 0.6 is 7.82 Å². The van der Waals surface area contributed by atoms with E-state index in [1.54, 1.807) is 0 Å². The Morgan fingerprint density at radius 3 is 1.27 bits per heavy atom. The van der Waals surface area contributed by atoms with Crippen LogP contribution in [0.25, 0.3) is 0 Å². The van der Waals surface area contributed by atoms with Crippen LogP contribution in [-0.2, 0) is 32.7 Å². The summed E-state index contributed by atoms with van der Waals surface area (Å²) in [5, 5.41) is 0. The first-order valence-electron chi connectivity index (χ1n) is 22.0. The number of hydrogen-bond acceptors (Lipinski definition) is 8. The van der Waals surface area contributed by atoms with Crippen LogP contribution in [0.4, 0.5) is 0 Å². The van der Waals surface area contributed by atoms with Crippen LogP contribution in [0.5, 0.6) is 0 Å². The molecule has 0 bridgehead atoms. The van der Waals surface area contributed by atoms with Gasteiger partial charge in [0.15, 0.2) is 6.10 Å². The molecule has 0 radical (unpaired) electrons. The van der Waals surface area contributed by atoms with Gasteiger partial charge in [0.2, 0.25) is 0 Å². The third-order valence-corrected chi connectivity index (χ3v) is 10.5. The van der Waals surface area contributed by atoms with Gasteiger partial charge in [0, 0.05) is 19.4 Å². The molecule has 0 aromatic carbocycles. The average molecular weight is 749 g/mol. The smallest absolute Gasteiger partial charge is 0.462 e. The molecular weight excluding hydrogens is 665 g/mol. The van der Waals surface area contributed by atoms with Crippen LogP contribution in [-0.4, -0.2) is 49.3 Å². The standard InChI is InChI=1S/C41H82NO8P/c1-3-5-7-9-11-13-15-17-19-21-23-25-27-29-31-33-40(43)47-37-39(38-49-51(45,46)48-36-35-42)50-41(44)34-32-30-28-26-24-22-20-18-16-14-12-10-8-6-4-2/h39H,3-38,42H2,1-2H3,(H,45,46)/t39-/m1/s1/i/hD. The maximum atomic E-state index is 12.6. The average Bonchev–Trinajstić information content (AvgIpc) is 3.12. The molecule has 9 nitrogen and oxygen atoms in total. The van der Waals surface area contributed by atoms with E-state index in [1.165, 1.54) is 154 Å². The number of ether oxygens (including phenoxy) is 2. The van der Waals surface area contributed by atoms with Crippen molar-refractivity contribution in [2.45, 2.75) is 225 Å². The predicted molar refractivity (Wildman–Crippen MR) is 211 cm³/mol. The van der Waals surface area contributed by atoms with Crippen molar-refractivity contribution >= 4 is 19.8 Å². The van der Waals surface area contributed by atoms with E-state index in [2.05, 4.69) is 19.6 Å². The van der Waals surface area contributed by atoms with Crippen molar-refractivity contribution in [1.29, 1.82) is 0 Å². The zero-order chi connectivity index (χ0) is 38.2. The molecule has 0 saturated heterocycles. The van der Waals surface area contributed by atoms with Gasteiger partial charge in [-0.25, -0.2) is 4.57 Å². The second kappa shape index (κ2) is 38.7. The van der Waals surface area contributed by atoms with Crippen LogP contribution in [0, 0.1) is 0 Å². The van der Waals surface area contributed by atoms with Gasteiger partial charge in [0.1, 0.15) is 8.02 Å². The number of hydrogen-bond donors (Lipinski definition) is 2. The molecule has 0 aromatic rings. The summed E-state index contributed by atoms with van der Waals surface area (Å²) in [6.45, 7) is 3.66. The Labute approximate surface area is 315 Å². The van der Waals surface area contributed by atoms with Gasteiger partial charge in [0.05, 0.1) is 13.2 Å². The Hall–Kier alpha value is -0.990. The second-order valence-corrected chi connectivity index (χ2v) is 16.0. The van der Waals surface area contributed by atoms with Crippen molar-refractivity contribution in [2.75, 3.05) is 26.4 Å². The Morgan fingerprint density at radius 2 is 0.902 bits per heavy atom. The Bertz CT molecular complexity index is 837. The molecule has 0 heterocycles. The van der Waals surface area contributed by atoms with Crippen molar-refractivity contribution in [1.82, 2.24) is 0 Å². The molecule has 0 fully saturated rings. The van der Waals surface area contributed by atoms with E-state index in [9.17, 15) is 19.0 Å². The van der Waals surface area contributed by atoms with E-state index in [0.717, 1.165) is 32.1 Å². The van der Waals surface area contributed by atoms with E-state index in [0.29, 0.717) is 6.42 Å². The van der Waals surface area contributed by atoms with Crippen LogP contribution in [0.3, 0.4) is 0 Å². The summed E-state index contributed by atoms with van der Waals surface area (Å²) in [7, 11) is -4.42. The Morgan fingerprint density at radius 1 is 0.549 bits per heavy atom. The number of esters is 2. The van der Waals surface area contributed by atoms with E-state index in [1.807, 2.05) is 0 Å². The van der Waals surface area contributed by atoms with Gasteiger partial charge >= 0.3 is 19.8 Å². The largest absolute Gasteiger partial charge is 0.472 e. The van der Waals surface area contributed by atoms with E-state index < -0.39 is 26.5 Å². The molecule has 0 aromatic heterocycles. The number of carbonyl (C=O) groups is 2. The predicted octanol–water partition coefficient (Wildman–Crippen LogP) is 12.1. The lowest BCUT2D eigenvalue weighted by atomic mass is 10.0. The molecule has 3 N–H and O–H groups in total. The van der Waals surface area contributed by atoms with Crippen molar-refractivity contribution in [3.63, 3.8) is 0 Å². The summed E-state index contributed by atoms with van der Waals surface area (Å²) in [5.41, 5.74) is 2.08. The number of phosphoric ester groups is 1. The first-order valence-corrected chi connectivity index (χ1v) is 23.0. The third-order valence-electron chi connectivity index (χ3n) is 9.48. The normalized spacial score (nSPS) is 13.5. The van der Waals surface area contributed by atoms with Gasteiger partial charge in [0.25, 0.3) is 0 Å². The van der Waals surface area contributed by atoms with Crippen molar-refractivity contribution in [2.24, 2.45) is 5.73 Å². The molecule has 0 rings (SSSR count). The fourth-order valence-electron chi connectivity index (χ4n) is 6.28. The molecule has 0 aliphatic carbocycles. The lowest BCUT2D eigenvalue weighted by Gasteiger charge is -2.19. The Balaban J connectivity index is 4.17. The topological polar surface area (TPSA) is 134 Å². The minimum absolute atomic E-state index is 0.0441. The molecule has 51 heavy (non-hydrogen) atoms. The fraction of sp³-hybridized carbons (Fsp3) is 0.951. The highest BCUT2D eigenvalue weighted by atomic mass is 31.2. The summed E-state index contributed by atoms with van der Waals surface area (Å²) >= 11 is 0. The maximum absolute atomic E-state index is 12.6. The molecule has 0 saturated carbocycles. The second-order valence-electron chi connectivity index (χ2n) is 14.5. The van der Waals surface area contributed by atoms with Gasteiger partial charge in [-0.1, -0.05) is 194 Å². The maximum Gasteiger partial charge on any atom is 0.472 e. The zero-order valence-corrected chi connectivity index (χ0v) is 34.2. The minimum Gasteiger partial charge on any atom is -0.462 e. The van der Waals surface area contributed by atoms with Crippen LogP contribution in [0.2, 0.25) is 1.41 Å². The quantitative estimate of drug-likeness (QED) is 0.0355. The molecule has 304 valence electrons. The third kappa shape index (κ3) is 38.5. The molecule has 1 unspecified atom stereocenters. The van der Waals surface area contributed by atoms with Gasteiger partial charge < -0.3 is 20.1 Å². The lowest BCUT2D eigenvalue weighted by Crippen LogP contribution is -2.29. The zero-order valence-electron chi connectivity index (χ0n) is 34.3. The summed E-state index contributed by atoms with van der Waals surface area (Å²) in [6.07, 6.45) is 36.8. The summed E-state index contributed by atoms with van der Waals surface area (Å²) in [4.78, 5) is 34.9. The molecule has 0 amide bonds. The molecule has 0 spiro atoms. The molecule has 0 aliphatic rings. The Kier molecular flexibility index (Phi) is 36.5. The van der Waals surface area contributed by atoms with Gasteiger partial charge in [-0.3, -0.25) is 18.6 Å². The highest BCUT2D eigenvalue weighted by Crippen LogP contribution is 2.43. The highest BCUT2D eigenvalue weighted by molar-refractivity contribution is 7.47. The van der Waals surface area contributed by atoms with Crippen molar-refractivity contribution in [3.05, 3.63) is 0 Å². The van der Waals surface area contributed by atoms with Crippen molar-refractivity contribution in [3.8, 4) is 0 Å². The van der Waals surface area contributed by atoms with Crippen LogP contribution < -0.4 is 5.73 Å². The number of rotatable bonds is 42. The molecular formula is C41H82NO8P. The van der Waals surface area contributed by atoms with Gasteiger partial charge in [-0.05, 0) is 12.8 Å². The number of carbonyl (C=O) groups excluding carboxylic acids is 2. The minimum atomic E-state index is -4.42. The fourth-order valence-corrected chi connectivity index (χ4v) is 7.03. The van der Waals surface area contributed by atoms with Crippen molar-refractivity contribution < 1.29 is 39.0 Å². The summed E-state index contributed by atoms with van der Waals surface area (Å²) < 4.78 is 39.8. The number of phosphoric acid groups is 1. The highest BCUT2D eigenvalue weighted by Gasteiger charge is 2.26. The number of nitrogens with two attached hydrogens (primary N) is 1. The van der Waals surface area contributed by atoms with Crippen LogP contribution in [0.15, 0.2) is 0 Å². The summed E-state index contributed by atoms with van der Waals surface area (Å²) in [5.74, 6) is -0.836. The van der Waals surface area contributed by atoms with Crippen LogP contribution in [0.1, 0.15) is 219 Å². The van der Waals surface area contributed by atoms with E-state index in [4.69, 9.17) is 19.9 Å². The van der Waals surface area contributed by atoms with E-state index in [-0.39, 0.29) is 38.6 Å². The van der Waals surface area contributed by atoms with Gasteiger partial charge in [-0.15, -0.1) is 0 Å². The molecule has 10 heteroatoms.